The number of nitrogens with one attached hydrogen (secondary N) is 1. The predicted molar refractivity (Wildman–Crippen MR) is 106 cm³/mol. The molecule has 2 N–H and O–H groups in total. The van der Waals surface area contributed by atoms with Crippen molar-refractivity contribution in [2.24, 2.45) is 5.92 Å². The molecule has 1 amide bonds. The van der Waals surface area contributed by atoms with E-state index >= 15 is 0 Å². The Bertz CT molecular complexity index is 886. The number of carbonyl (C=O) groups is 2. The topological polar surface area (TPSA) is 106 Å². The van der Waals surface area contributed by atoms with Crippen LogP contribution in [0, 0.1) is 5.92 Å². The Morgan fingerprint density at radius 2 is 2.00 bits per heavy atom. The monoisotopic (exact) mass is 389 g/mol. The standard InChI is InChI=1S/C21H27NO6/c1-4-5-6-14-10-20(24)28-18-11-15(7-8-16(14)18)27-12-19(23)22-17(21(25)26)9-13(2)3/h7-8,10-11,13,17H,4-6,9,12H2,1-3H3,(H,22,23)(H,25,26)/t17-/m0/s1. The smallest absolute Gasteiger partial charge is 0.336 e. The number of benzene rings is 1. The number of rotatable bonds is 10. The van der Waals surface area contributed by atoms with E-state index in [0.717, 1.165) is 30.2 Å². The fourth-order valence-corrected chi connectivity index (χ4v) is 2.95. The van der Waals surface area contributed by atoms with Crippen LogP contribution in [0.15, 0.2) is 33.5 Å². The van der Waals surface area contributed by atoms with E-state index in [2.05, 4.69) is 12.2 Å². The van der Waals surface area contributed by atoms with Crippen LogP contribution in [0.2, 0.25) is 0 Å². The summed E-state index contributed by atoms with van der Waals surface area (Å²) in [6, 6.07) is 5.63. The molecule has 0 spiro atoms. The van der Waals surface area contributed by atoms with Gasteiger partial charge in [-0.25, -0.2) is 9.59 Å². The molecule has 7 nitrogen and oxygen atoms in total. The van der Waals surface area contributed by atoms with Gasteiger partial charge in [-0.05, 0) is 42.9 Å². The molecule has 0 radical (unpaired) electrons. The molecule has 2 rings (SSSR count). The number of ether oxygens (including phenoxy) is 1. The highest BCUT2D eigenvalue weighted by atomic mass is 16.5. The Kier molecular flexibility index (Phi) is 7.61. The number of carboxylic acids is 1. The zero-order chi connectivity index (χ0) is 20.7. The molecule has 152 valence electrons. The highest BCUT2D eigenvalue weighted by Crippen LogP contribution is 2.23. The number of hydrogen-bond donors (Lipinski definition) is 2. The summed E-state index contributed by atoms with van der Waals surface area (Å²) in [5.41, 5.74) is 0.904. The van der Waals surface area contributed by atoms with Gasteiger partial charge in [0.15, 0.2) is 6.61 Å². The quantitative estimate of drug-likeness (QED) is 0.605. The molecule has 0 saturated carbocycles. The molecule has 7 heteroatoms. The number of aryl methyl sites for hydroxylation is 1. The zero-order valence-corrected chi connectivity index (χ0v) is 16.5. The second kappa shape index (κ2) is 9.92. The van der Waals surface area contributed by atoms with Crippen LogP contribution in [0.1, 0.15) is 45.6 Å². The summed E-state index contributed by atoms with van der Waals surface area (Å²) in [6.45, 7) is 5.53. The Morgan fingerprint density at radius 1 is 1.25 bits per heavy atom. The molecule has 0 aliphatic heterocycles. The minimum atomic E-state index is -1.07. The van der Waals surface area contributed by atoms with Crippen molar-refractivity contribution in [2.45, 2.75) is 52.5 Å². The average Bonchev–Trinajstić information content (AvgIpc) is 2.63. The first kappa shape index (κ1) is 21.5. The molecule has 0 aliphatic carbocycles. The van der Waals surface area contributed by atoms with E-state index in [9.17, 15) is 19.5 Å². The maximum atomic E-state index is 12.0. The number of aliphatic carboxylic acids is 1. The summed E-state index contributed by atoms with van der Waals surface area (Å²) in [6.07, 6.45) is 3.11. The van der Waals surface area contributed by atoms with Gasteiger partial charge in [-0.15, -0.1) is 0 Å². The van der Waals surface area contributed by atoms with Crippen molar-refractivity contribution in [1.29, 1.82) is 0 Å². The Hall–Kier alpha value is -2.83. The lowest BCUT2D eigenvalue weighted by molar-refractivity contribution is -0.142. The highest BCUT2D eigenvalue weighted by molar-refractivity contribution is 5.85. The molecule has 0 aliphatic rings. The Morgan fingerprint density at radius 3 is 2.64 bits per heavy atom. The fourth-order valence-electron chi connectivity index (χ4n) is 2.95. The maximum absolute atomic E-state index is 12.0. The first-order valence-electron chi connectivity index (χ1n) is 9.52. The molecular formula is C21H27NO6. The first-order valence-corrected chi connectivity index (χ1v) is 9.52. The van der Waals surface area contributed by atoms with E-state index in [1.165, 1.54) is 6.07 Å². The average molecular weight is 389 g/mol. The van der Waals surface area contributed by atoms with Gasteiger partial charge in [0, 0.05) is 17.5 Å². The number of unbranched alkanes of at least 4 members (excludes halogenated alkanes) is 1. The van der Waals surface area contributed by atoms with Crippen LogP contribution in [0.5, 0.6) is 5.75 Å². The van der Waals surface area contributed by atoms with Crippen LogP contribution in [0.3, 0.4) is 0 Å². The van der Waals surface area contributed by atoms with Crippen molar-refractivity contribution >= 4 is 22.8 Å². The van der Waals surface area contributed by atoms with Crippen molar-refractivity contribution in [1.82, 2.24) is 5.32 Å². The van der Waals surface area contributed by atoms with Crippen molar-refractivity contribution in [2.75, 3.05) is 6.61 Å². The van der Waals surface area contributed by atoms with Gasteiger partial charge in [-0.2, -0.15) is 0 Å². The van der Waals surface area contributed by atoms with Gasteiger partial charge in [0.05, 0.1) is 0 Å². The van der Waals surface area contributed by atoms with Gasteiger partial charge in [-0.1, -0.05) is 27.2 Å². The lowest BCUT2D eigenvalue weighted by Gasteiger charge is -2.16. The van der Waals surface area contributed by atoms with E-state index < -0.39 is 23.5 Å². The van der Waals surface area contributed by atoms with Gasteiger partial charge in [0.1, 0.15) is 17.4 Å². The molecule has 0 saturated heterocycles. The molecule has 0 unspecified atom stereocenters. The fraction of sp³-hybridized carbons (Fsp3) is 0.476. The maximum Gasteiger partial charge on any atom is 0.336 e. The van der Waals surface area contributed by atoms with Crippen LogP contribution in [-0.4, -0.2) is 29.6 Å². The number of fused-ring (bicyclic) bond motifs is 1. The van der Waals surface area contributed by atoms with Gasteiger partial charge in [-0.3, -0.25) is 4.79 Å². The van der Waals surface area contributed by atoms with E-state index in [0.29, 0.717) is 17.8 Å². The van der Waals surface area contributed by atoms with E-state index in [1.54, 1.807) is 18.2 Å². The van der Waals surface area contributed by atoms with Gasteiger partial charge in [0.2, 0.25) is 0 Å². The van der Waals surface area contributed by atoms with Gasteiger partial charge in [0.25, 0.3) is 5.91 Å². The minimum absolute atomic E-state index is 0.132. The third kappa shape index (κ3) is 6.11. The van der Waals surface area contributed by atoms with Crippen LogP contribution < -0.4 is 15.7 Å². The van der Waals surface area contributed by atoms with Crippen LogP contribution in [-0.2, 0) is 16.0 Å². The summed E-state index contributed by atoms with van der Waals surface area (Å²) < 4.78 is 10.7. The summed E-state index contributed by atoms with van der Waals surface area (Å²) >= 11 is 0. The lowest BCUT2D eigenvalue weighted by atomic mass is 10.0. The van der Waals surface area contributed by atoms with Crippen molar-refractivity contribution in [3.63, 3.8) is 0 Å². The first-order chi connectivity index (χ1) is 13.3. The number of carboxylic acid groups (broad SMARTS) is 1. The number of carbonyl (C=O) groups excluding carboxylic acids is 1. The summed E-state index contributed by atoms with van der Waals surface area (Å²) in [5.74, 6) is -1.10. The van der Waals surface area contributed by atoms with Crippen molar-refractivity contribution in [3.8, 4) is 5.75 Å². The van der Waals surface area contributed by atoms with E-state index in [-0.39, 0.29) is 12.5 Å². The third-order valence-electron chi connectivity index (χ3n) is 4.31. The van der Waals surface area contributed by atoms with Crippen molar-refractivity contribution in [3.05, 3.63) is 40.2 Å². The van der Waals surface area contributed by atoms with Gasteiger partial charge < -0.3 is 19.6 Å². The molecule has 1 aromatic heterocycles. The molecule has 0 fully saturated rings. The SMILES string of the molecule is CCCCc1cc(=O)oc2cc(OCC(=O)N[C@@H](CC(C)C)C(=O)O)ccc12. The summed E-state index contributed by atoms with van der Waals surface area (Å²) in [7, 11) is 0. The molecule has 1 heterocycles. The lowest BCUT2D eigenvalue weighted by Crippen LogP contribution is -2.43. The number of hydrogen-bond acceptors (Lipinski definition) is 5. The highest BCUT2D eigenvalue weighted by Gasteiger charge is 2.21. The molecular weight excluding hydrogens is 362 g/mol. The second-order valence-electron chi connectivity index (χ2n) is 7.23. The van der Waals surface area contributed by atoms with Crippen LogP contribution in [0.25, 0.3) is 11.0 Å². The molecule has 28 heavy (non-hydrogen) atoms. The van der Waals surface area contributed by atoms with Crippen molar-refractivity contribution < 1.29 is 23.8 Å². The largest absolute Gasteiger partial charge is 0.484 e. The Balaban J connectivity index is 2.07. The van der Waals surface area contributed by atoms with Crippen LogP contribution >= 0.6 is 0 Å². The number of amides is 1. The molecule has 1 aromatic carbocycles. The molecule has 0 bridgehead atoms. The normalized spacial score (nSPS) is 12.1. The third-order valence-corrected chi connectivity index (χ3v) is 4.31. The minimum Gasteiger partial charge on any atom is -0.484 e. The second-order valence-corrected chi connectivity index (χ2v) is 7.23. The van der Waals surface area contributed by atoms with E-state index in [1.807, 2.05) is 13.8 Å². The van der Waals surface area contributed by atoms with Crippen LogP contribution in [0.4, 0.5) is 0 Å². The molecule has 1 atom stereocenters. The predicted octanol–water partition coefficient (Wildman–Crippen LogP) is 3.13. The molecule has 2 aromatic rings. The summed E-state index contributed by atoms with van der Waals surface area (Å²) in [5, 5.41) is 12.5. The van der Waals surface area contributed by atoms with E-state index in [4.69, 9.17) is 9.15 Å². The summed E-state index contributed by atoms with van der Waals surface area (Å²) in [4.78, 5) is 35.1. The zero-order valence-electron chi connectivity index (χ0n) is 16.5. The van der Waals surface area contributed by atoms with Gasteiger partial charge >= 0.3 is 11.6 Å². The Labute approximate surface area is 163 Å².